The van der Waals surface area contributed by atoms with E-state index in [4.69, 9.17) is 5.73 Å². The van der Waals surface area contributed by atoms with Crippen LogP contribution in [0.3, 0.4) is 0 Å². The van der Waals surface area contributed by atoms with Crippen LogP contribution < -0.4 is 11.1 Å². The zero-order valence-electron chi connectivity index (χ0n) is 12.3. The van der Waals surface area contributed by atoms with Crippen molar-refractivity contribution in [2.45, 2.75) is 19.8 Å². The first-order chi connectivity index (χ1) is 9.93. The lowest BCUT2D eigenvalue weighted by Crippen LogP contribution is -2.45. The van der Waals surface area contributed by atoms with Gasteiger partial charge in [-0.3, -0.25) is 9.59 Å². The second kappa shape index (κ2) is 6.47. The van der Waals surface area contributed by atoms with Gasteiger partial charge in [-0.2, -0.15) is 0 Å². The largest absolute Gasteiger partial charge is 0.398 e. The number of likely N-dealkylation sites (tertiary alicyclic amines) is 1. The Labute approximate surface area is 133 Å². The Morgan fingerprint density at radius 1 is 1.43 bits per heavy atom. The highest BCUT2D eigenvalue weighted by molar-refractivity contribution is 9.10. The maximum atomic E-state index is 12.7. The molecule has 1 aliphatic rings. The van der Waals surface area contributed by atoms with Gasteiger partial charge in [-0.25, -0.2) is 0 Å². The third kappa shape index (κ3) is 3.37. The fourth-order valence-corrected chi connectivity index (χ4v) is 3.15. The number of nitrogens with two attached hydrogens (primary N) is 1. The molecule has 1 aromatic carbocycles. The van der Waals surface area contributed by atoms with Gasteiger partial charge < -0.3 is 16.0 Å². The van der Waals surface area contributed by atoms with Gasteiger partial charge in [0.2, 0.25) is 5.91 Å². The van der Waals surface area contributed by atoms with E-state index in [2.05, 4.69) is 21.2 Å². The van der Waals surface area contributed by atoms with Crippen molar-refractivity contribution in [1.82, 2.24) is 10.2 Å². The van der Waals surface area contributed by atoms with Crippen LogP contribution in [0.5, 0.6) is 0 Å². The molecule has 0 bridgehead atoms. The Balaban J connectivity index is 2.22. The molecule has 114 valence electrons. The number of carbonyl (C=O) groups is 2. The lowest BCUT2D eigenvalue weighted by molar-refractivity contribution is -0.125. The number of carbonyl (C=O) groups excluding carboxylic acids is 2. The molecule has 1 aromatic rings. The van der Waals surface area contributed by atoms with Gasteiger partial charge in [0, 0.05) is 35.9 Å². The standard InChI is InChI=1S/C15H20BrN3O2/c1-9-12(6-11(16)7-13(9)17)15(21)19-5-3-4-10(8-19)14(20)18-2/h6-7,10H,3-5,8,17H2,1-2H3,(H,18,20). The number of nitrogens with one attached hydrogen (secondary N) is 1. The highest BCUT2D eigenvalue weighted by Crippen LogP contribution is 2.26. The molecule has 1 unspecified atom stereocenters. The molecule has 0 aliphatic carbocycles. The fourth-order valence-electron chi connectivity index (χ4n) is 2.67. The second-order valence-corrected chi connectivity index (χ2v) is 6.29. The van der Waals surface area contributed by atoms with Crippen molar-refractivity contribution in [3.05, 3.63) is 27.7 Å². The van der Waals surface area contributed by atoms with Crippen LogP contribution in [0.2, 0.25) is 0 Å². The maximum Gasteiger partial charge on any atom is 0.254 e. The lowest BCUT2D eigenvalue weighted by Gasteiger charge is -2.32. The fraction of sp³-hybridized carbons (Fsp3) is 0.467. The molecule has 1 saturated heterocycles. The Kier molecular flexibility index (Phi) is 4.88. The zero-order valence-corrected chi connectivity index (χ0v) is 13.9. The van der Waals surface area contributed by atoms with Gasteiger partial charge >= 0.3 is 0 Å². The number of nitrogen functional groups attached to an aromatic ring is 1. The summed E-state index contributed by atoms with van der Waals surface area (Å²) in [5.41, 5.74) is 7.89. The van der Waals surface area contributed by atoms with Crippen LogP contribution in [0.15, 0.2) is 16.6 Å². The van der Waals surface area contributed by atoms with Crippen LogP contribution in [-0.4, -0.2) is 36.9 Å². The Morgan fingerprint density at radius 2 is 2.14 bits per heavy atom. The number of hydrogen-bond acceptors (Lipinski definition) is 3. The number of piperidine rings is 1. The molecule has 1 fully saturated rings. The molecule has 0 aromatic heterocycles. The summed E-state index contributed by atoms with van der Waals surface area (Å²) in [6, 6.07) is 3.58. The second-order valence-electron chi connectivity index (χ2n) is 5.37. The molecular formula is C15H20BrN3O2. The Bertz CT molecular complexity index is 574. The van der Waals surface area contributed by atoms with E-state index in [-0.39, 0.29) is 17.7 Å². The first-order valence-corrected chi connectivity index (χ1v) is 7.79. The SMILES string of the molecule is CNC(=O)C1CCCN(C(=O)c2cc(Br)cc(N)c2C)C1. The number of anilines is 1. The first-order valence-electron chi connectivity index (χ1n) is 7.00. The molecule has 0 saturated carbocycles. The van der Waals surface area contributed by atoms with Crippen molar-refractivity contribution >= 4 is 33.4 Å². The van der Waals surface area contributed by atoms with E-state index >= 15 is 0 Å². The minimum Gasteiger partial charge on any atom is -0.398 e. The van der Waals surface area contributed by atoms with Gasteiger partial charge in [0.1, 0.15) is 0 Å². The molecule has 0 spiro atoms. The van der Waals surface area contributed by atoms with Crippen molar-refractivity contribution in [3.63, 3.8) is 0 Å². The molecule has 3 N–H and O–H groups in total. The zero-order chi connectivity index (χ0) is 15.6. The van der Waals surface area contributed by atoms with Gasteiger partial charge in [0.05, 0.1) is 5.92 Å². The molecule has 2 rings (SSSR count). The van der Waals surface area contributed by atoms with Crippen LogP contribution in [0.25, 0.3) is 0 Å². The van der Waals surface area contributed by atoms with Crippen LogP contribution in [0, 0.1) is 12.8 Å². The molecule has 1 atom stereocenters. The Morgan fingerprint density at radius 3 is 2.81 bits per heavy atom. The number of amides is 2. The highest BCUT2D eigenvalue weighted by Gasteiger charge is 2.29. The van der Waals surface area contributed by atoms with E-state index in [1.54, 1.807) is 24.1 Å². The summed E-state index contributed by atoms with van der Waals surface area (Å²) < 4.78 is 0.786. The average molecular weight is 354 g/mol. The quantitative estimate of drug-likeness (QED) is 0.797. The van der Waals surface area contributed by atoms with Crippen molar-refractivity contribution in [2.75, 3.05) is 25.9 Å². The van der Waals surface area contributed by atoms with E-state index in [0.29, 0.717) is 24.3 Å². The van der Waals surface area contributed by atoms with E-state index in [9.17, 15) is 9.59 Å². The summed E-state index contributed by atoms with van der Waals surface area (Å²) in [7, 11) is 1.63. The molecule has 1 aliphatic heterocycles. The smallest absolute Gasteiger partial charge is 0.254 e. The van der Waals surface area contributed by atoms with E-state index in [1.165, 1.54) is 0 Å². The summed E-state index contributed by atoms with van der Waals surface area (Å²) in [5.74, 6) is -0.190. The van der Waals surface area contributed by atoms with Gasteiger partial charge in [-0.05, 0) is 37.5 Å². The summed E-state index contributed by atoms with van der Waals surface area (Å²) in [5, 5.41) is 2.66. The molecule has 6 heteroatoms. The van der Waals surface area contributed by atoms with Crippen LogP contribution in [0.1, 0.15) is 28.8 Å². The van der Waals surface area contributed by atoms with Crippen LogP contribution in [0.4, 0.5) is 5.69 Å². The van der Waals surface area contributed by atoms with E-state index < -0.39 is 0 Å². The monoisotopic (exact) mass is 353 g/mol. The molecular weight excluding hydrogens is 334 g/mol. The van der Waals surface area contributed by atoms with Crippen molar-refractivity contribution in [1.29, 1.82) is 0 Å². The van der Waals surface area contributed by atoms with Gasteiger partial charge in [-0.1, -0.05) is 15.9 Å². The summed E-state index contributed by atoms with van der Waals surface area (Å²) in [6.07, 6.45) is 1.66. The number of benzene rings is 1. The maximum absolute atomic E-state index is 12.7. The normalized spacial score (nSPS) is 18.4. The van der Waals surface area contributed by atoms with Gasteiger partial charge in [0.25, 0.3) is 5.91 Å². The molecule has 0 radical (unpaired) electrons. The summed E-state index contributed by atoms with van der Waals surface area (Å²) >= 11 is 3.37. The number of rotatable bonds is 2. The number of halogens is 1. The number of nitrogens with zero attached hydrogens (tertiary/aromatic N) is 1. The molecule has 2 amide bonds. The van der Waals surface area contributed by atoms with Gasteiger partial charge in [-0.15, -0.1) is 0 Å². The molecule has 21 heavy (non-hydrogen) atoms. The topological polar surface area (TPSA) is 75.4 Å². The summed E-state index contributed by atoms with van der Waals surface area (Å²) in [4.78, 5) is 26.2. The number of hydrogen-bond donors (Lipinski definition) is 2. The molecule has 5 nitrogen and oxygen atoms in total. The van der Waals surface area contributed by atoms with Gasteiger partial charge in [0.15, 0.2) is 0 Å². The third-order valence-electron chi connectivity index (χ3n) is 3.97. The highest BCUT2D eigenvalue weighted by atomic mass is 79.9. The predicted molar refractivity (Wildman–Crippen MR) is 86.0 cm³/mol. The third-order valence-corrected chi connectivity index (χ3v) is 4.43. The van der Waals surface area contributed by atoms with Crippen LogP contribution in [-0.2, 0) is 4.79 Å². The summed E-state index contributed by atoms with van der Waals surface area (Å²) in [6.45, 7) is 2.98. The van der Waals surface area contributed by atoms with E-state index in [0.717, 1.165) is 22.9 Å². The predicted octanol–water partition coefficient (Wildman–Crippen LogP) is 1.94. The first kappa shape index (κ1) is 15.8. The minimum absolute atomic E-state index is 0.00187. The van der Waals surface area contributed by atoms with Crippen LogP contribution >= 0.6 is 15.9 Å². The van der Waals surface area contributed by atoms with Crippen molar-refractivity contribution in [3.8, 4) is 0 Å². The van der Waals surface area contributed by atoms with Crippen molar-refractivity contribution < 1.29 is 9.59 Å². The van der Waals surface area contributed by atoms with Crippen molar-refractivity contribution in [2.24, 2.45) is 5.92 Å². The molecule has 1 heterocycles. The Hall–Kier alpha value is -1.56. The lowest BCUT2D eigenvalue weighted by atomic mass is 9.96. The van der Waals surface area contributed by atoms with E-state index in [1.807, 2.05) is 6.92 Å². The average Bonchev–Trinajstić information content (AvgIpc) is 2.49. The minimum atomic E-state index is -0.127.